The number of hydrogen-bond donors (Lipinski definition) is 1. The standard InChI is InChI=1S/C12H15NO3/c13-6-10-4-2-1-3-9(10)5-12(14)16-11-7-15-8-11/h1-4,11H,5-8,13H2. The molecular weight excluding hydrogens is 206 g/mol. The van der Waals surface area contributed by atoms with Crippen molar-refractivity contribution in [1.29, 1.82) is 0 Å². The molecule has 86 valence electrons. The number of benzene rings is 1. The summed E-state index contributed by atoms with van der Waals surface area (Å²) in [7, 11) is 0. The monoisotopic (exact) mass is 221 g/mol. The topological polar surface area (TPSA) is 61.6 Å². The summed E-state index contributed by atoms with van der Waals surface area (Å²) in [5, 5.41) is 0. The highest BCUT2D eigenvalue weighted by molar-refractivity contribution is 5.73. The maximum Gasteiger partial charge on any atom is 0.310 e. The first-order valence-electron chi connectivity index (χ1n) is 5.33. The molecule has 1 aromatic rings. The van der Waals surface area contributed by atoms with Gasteiger partial charge >= 0.3 is 5.97 Å². The van der Waals surface area contributed by atoms with Gasteiger partial charge in [-0.15, -0.1) is 0 Å². The van der Waals surface area contributed by atoms with E-state index in [-0.39, 0.29) is 18.5 Å². The number of carbonyl (C=O) groups is 1. The summed E-state index contributed by atoms with van der Waals surface area (Å²) in [6, 6.07) is 7.64. The van der Waals surface area contributed by atoms with Gasteiger partial charge in [-0.2, -0.15) is 0 Å². The number of hydrogen-bond acceptors (Lipinski definition) is 4. The minimum Gasteiger partial charge on any atom is -0.457 e. The van der Waals surface area contributed by atoms with Crippen molar-refractivity contribution in [3.8, 4) is 0 Å². The van der Waals surface area contributed by atoms with Gasteiger partial charge in [-0.25, -0.2) is 0 Å². The van der Waals surface area contributed by atoms with Crippen molar-refractivity contribution in [2.45, 2.75) is 19.1 Å². The molecule has 4 heteroatoms. The third-order valence-corrected chi connectivity index (χ3v) is 2.58. The van der Waals surface area contributed by atoms with E-state index in [1.165, 1.54) is 0 Å². The first-order chi connectivity index (χ1) is 7.79. The highest BCUT2D eigenvalue weighted by atomic mass is 16.6. The van der Waals surface area contributed by atoms with Gasteiger partial charge in [-0.3, -0.25) is 4.79 Å². The van der Waals surface area contributed by atoms with Gasteiger partial charge in [-0.05, 0) is 11.1 Å². The third kappa shape index (κ3) is 2.59. The van der Waals surface area contributed by atoms with Gasteiger partial charge in [0.1, 0.15) is 6.10 Å². The fourth-order valence-corrected chi connectivity index (χ4v) is 1.59. The summed E-state index contributed by atoms with van der Waals surface area (Å²) in [6.45, 7) is 1.48. The maximum absolute atomic E-state index is 11.6. The maximum atomic E-state index is 11.6. The van der Waals surface area contributed by atoms with Gasteiger partial charge in [0, 0.05) is 6.54 Å². The van der Waals surface area contributed by atoms with E-state index in [0.29, 0.717) is 19.8 Å². The molecule has 2 rings (SSSR count). The summed E-state index contributed by atoms with van der Waals surface area (Å²) in [4.78, 5) is 11.6. The lowest BCUT2D eigenvalue weighted by Gasteiger charge is -2.25. The molecule has 1 saturated heterocycles. The van der Waals surface area contributed by atoms with Crippen LogP contribution in [0.5, 0.6) is 0 Å². The highest BCUT2D eigenvalue weighted by Crippen LogP contribution is 2.12. The van der Waals surface area contributed by atoms with E-state index in [4.69, 9.17) is 15.2 Å². The molecule has 1 aliphatic rings. The van der Waals surface area contributed by atoms with Crippen LogP contribution in [0.4, 0.5) is 0 Å². The molecule has 4 nitrogen and oxygen atoms in total. The van der Waals surface area contributed by atoms with Crippen LogP contribution in [0.25, 0.3) is 0 Å². The number of ether oxygens (including phenoxy) is 2. The molecule has 16 heavy (non-hydrogen) atoms. The Kier molecular flexibility index (Phi) is 3.54. The fourth-order valence-electron chi connectivity index (χ4n) is 1.59. The normalized spacial score (nSPS) is 15.6. The summed E-state index contributed by atoms with van der Waals surface area (Å²) in [5.41, 5.74) is 7.52. The van der Waals surface area contributed by atoms with Crippen molar-refractivity contribution < 1.29 is 14.3 Å². The second kappa shape index (κ2) is 5.09. The lowest BCUT2D eigenvalue weighted by atomic mass is 10.0. The number of carbonyl (C=O) groups excluding carboxylic acids is 1. The van der Waals surface area contributed by atoms with Crippen LogP contribution in [-0.4, -0.2) is 25.3 Å². The Morgan fingerprint density at radius 1 is 1.38 bits per heavy atom. The molecule has 1 aromatic carbocycles. The minimum absolute atomic E-state index is 0.0578. The Morgan fingerprint density at radius 2 is 2.06 bits per heavy atom. The first kappa shape index (κ1) is 11.1. The second-order valence-corrected chi connectivity index (χ2v) is 3.80. The Labute approximate surface area is 94.3 Å². The zero-order valence-electron chi connectivity index (χ0n) is 9.02. The minimum atomic E-state index is -0.214. The van der Waals surface area contributed by atoms with Crippen LogP contribution >= 0.6 is 0 Å². The van der Waals surface area contributed by atoms with E-state index in [1.807, 2.05) is 24.3 Å². The fraction of sp³-hybridized carbons (Fsp3) is 0.417. The number of rotatable bonds is 4. The molecule has 0 unspecified atom stereocenters. The van der Waals surface area contributed by atoms with Crippen LogP contribution in [0.1, 0.15) is 11.1 Å². The Balaban J connectivity index is 1.94. The van der Waals surface area contributed by atoms with Gasteiger partial charge in [0.05, 0.1) is 19.6 Å². The average Bonchev–Trinajstić information content (AvgIpc) is 2.24. The Hall–Kier alpha value is -1.39. The highest BCUT2D eigenvalue weighted by Gasteiger charge is 2.22. The van der Waals surface area contributed by atoms with Crippen LogP contribution in [0, 0.1) is 0 Å². The zero-order chi connectivity index (χ0) is 11.4. The molecule has 0 aromatic heterocycles. The van der Waals surface area contributed by atoms with Crippen LogP contribution in [0.2, 0.25) is 0 Å². The zero-order valence-corrected chi connectivity index (χ0v) is 9.02. The van der Waals surface area contributed by atoms with Gasteiger partial charge in [0.25, 0.3) is 0 Å². The molecule has 0 atom stereocenters. The molecule has 0 bridgehead atoms. The third-order valence-electron chi connectivity index (χ3n) is 2.58. The molecule has 0 saturated carbocycles. The van der Waals surface area contributed by atoms with E-state index >= 15 is 0 Å². The van der Waals surface area contributed by atoms with E-state index in [2.05, 4.69) is 0 Å². The lowest BCUT2D eigenvalue weighted by molar-refractivity contribution is -0.171. The largest absolute Gasteiger partial charge is 0.457 e. The molecule has 0 aliphatic carbocycles. The smallest absolute Gasteiger partial charge is 0.310 e. The van der Waals surface area contributed by atoms with E-state index in [9.17, 15) is 4.79 Å². The Bertz CT molecular complexity index is 374. The van der Waals surface area contributed by atoms with E-state index in [1.54, 1.807) is 0 Å². The molecule has 1 heterocycles. The van der Waals surface area contributed by atoms with Crippen molar-refractivity contribution in [2.75, 3.05) is 13.2 Å². The van der Waals surface area contributed by atoms with Crippen molar-refractivity contribution in [1.82, 2.24) is 0 Å². The molecular formula is C12H15NO3. The predicted molar refractivity (Wildman–Crippen MR) is 58.7 cm³/mol. The van der Waals surface area contributed by atoms with E-state index < -0.39 is 0 Å². The molecule has 2 N–H and O–H groups in total. The summed E-state index contributed by atoms with van der Waals surface area (Å²) in [6.07, 6.45) is 0.224. The van der Waals surface area contributed by atoms with Crippen LogP contribution in [0.15, 0.2) is 24.3 Å². The first-order valence-corrected chi connectivity index (χ1v) is 5.33. The molecule has 1 fully saturated rings. The summed E-state index contributed by atoms with van der Waals surface area (Å²) < 4.78 is 10.1. The summed E-state index contributed by atoms with van der Waals surface area (Å²) in [5.74, 6) is -0.214. The van der Waals surface area contributed by atoms with Crippen LogP contribution in [0.3, 0.4) is 0 Å². The molecule has 1 aliphatic heterocycles. The van der Waals surface area contributed by atoms with Crippen molar-refractivity contribution in [3.05, 3.63) is 35.4 Å². The van der Waals surface area contributed by atoms with Crippen LogP contribution < -0.4 is 5.73 Å². The summed E-state index contributed by atoms with van der Waals surface area (Å²) >= 11 is 0. The van der Waals surface area contributed by atoms with Gasteiger partial charge in [0.2, 0.25) is 0 Å². The quantitative estimate of drug-likeness (QED) is 0.757. The van der Waals surface area contributed by atoms with Gasteiger partial charge in [0.15, 0.2) is 0 Å². The van der Waals surface area contributed by atoms with Crippen molar-refractivity contribution in [2.24, 2.45) is 5.73 Å². The SMILES string of the molecule is NCc1ccccc1CC(=O)OC1COC1. The van der Waals surface area contributed by atoms with Crippen LogP contribution in [-0.2, 0) is 27.2 Å². The van der Waals surface area contributed by atoms with Gasteiger partial charge < -0.3 is 15.2 Å². The molecule has 0 spiro atoms. The van der Waals surface area contributed by atoms with Gasteiger partial charge in [-0.1, -0.05) is 24.3 Å². The predicted octanol–water partition coefficient (Wildman–Crippen LogP) is 0.630. The average molecular weight is 221 g/mol. The van der Waals surface area contributed by atoms with Crippen molar-refractivity contribution >= 4 is 5.97 Å². The number of nitrogens with two attached hydrogens (primary N) is 1. The van der Waals surface area contributed by atoms with E-state index in [0.717, 1.165) is 11.1 Å². The van der Waals surface area contributed by atoms with Crippen molar-refractivity contribution in [3.63, 3.8) is 0 Å². The Morgan fingerprint density at radius 3 is 2.62 bits per heavy atom. The molecule has 0 amide bonds. The lowest BCUT2D eigenvalue weighted by Crippen LogP contribution is -2.38. The molecule has 0 radical (unpaired) electrons. The number of esters is 1. The second-order valence-electron chi connectivity index (χ2n) is 3.80.